The van der Waals surface area contributed by atoms with Gasteiger partial charge in [-0.05, 0) is 32.6 Å². The van der Waals surface area contributed by atoms with E-state index >= 15 is 0 Å². The van der Waals surface area contributed by atoms with Crippen LogP contribution in [0.4, 0.5) is 5.13 Å². The molecule has 1 aromatic heterocycles. The van der Waals surface area contributed by atoms with E-state index in [9.17, 15) is 0 Å². The maximum absolute atomic E-state index is 4.03. The summed E-state index contributed by atoms with van der Waals surface area (Å²) in [4.78, 5) is 0. The van der Waals surface area contributed by atoms with Gasteiger partial charge < -0.3 is 5.32 Å². The lowest BCUT2D eigenvalue weighted by Gasteiger charge is -2.12. The molecular formula is C10H15N3S. The Morgan fingerprint density at radius 1 is 1.43 bits per heavy atom. The van der Waals surface area contributed by atoms with Crippen LogP contribution in [0.25, 0.3) is 0 Å². The number of aryl methyl sites for hydroxylation is 1. The molecule has 14 heavy (non-hydrogen) atoms. The highest BCUT2D eigenvalue weighted by Crippen LogP contribution is 2.19. The van der Waals surface area contributed by atoms with Crippen molar-refractivity contribution in [3.05, 3.63) is 16.7 Å². The van der Waals surface area contributed by atoms with Gasteiger partial charge in [0.2, 0.25) is 5.13 Å². The summed E-state index contributed by atoms with van der Waals surface area (Å²) in [6.45, 7) is 2.91. The fraction of sp³-hybridized carbons (Fsp3) is 0.600. The Hall–Kier alpha value is -0.900. The molecule has 0 atom stereocenters. The number of rotatable bonds is 3. The fourth-order valence-electron chi connectivity index (χ4n) is 1.62. The van der Waals surface area contributed by atoms with E-state index in [0.717, 1.165) is 16.7 Å². The van der Waals surface area contributed by atoms with E-state index in [2.05, 4.69) is 21.6 Å². The Morgan fingerprint density at radius 3 is 3.00 bits per heavy atom. The van der Waals surface area contributed by atoms with Gasteiger partial charge in [-0.3, -0.25) is 0 Å². The molecule has 0 fully saturated rings. The van der Waals surface area contributed by atoms with Crippen molar-refractivity contribution in [3.63, 3.8) is 0 Å². The molecule has 1 aliphatic carbocycles. The van der Waals surface area contributed by atoms with Crippen molar-refractivity contribution in [1.82, 2.24) is 10.2 Å². The van der Waals surface area contributed by atoms with Crippen molar-refractivity contribution in [1.29, 1.82) is 0 Å². The van der Waals surface area contributed by atoms with Gasteiger partial charge in [0, 0.05) is 6.54 Å². The minimum atomic E-state index is 0.939. The zero-order valence-electron chi connectivity index (χ0n) is 8.42. The van der Waals surface area contributed by atoms with Gasteiger partial charge in [0.25, 0.3) is 0 Å². The summed E-state index contributed by atoms with van der Waals surface area (Å²) in [6, 6.07) is 0. The smallest absolute Gasteiger partial charge is 0.205 e. The van der Waals surface area contributed by atoms with Gasteiger partial charge in [0.05, 0.1) is 0 Å². The Labute approximate surface area is 88.3 Å². The number of anilines is 1. The Kier molecular flexibility index (Phi) is 3.14. The Balaban J connectivity index is 1.84. The first-order valence-electron chi connectivity index (χ1n) is 5.06. The summed E-state index contributed by atoms with van der Waals surface area (Å²) < 4.78 is 0. The summed E-state index contributed by atoms with van der Waals surface area (Å²) in [7, 11) is 0. The normalized spacial score (nSPS) is 16.5. The SMILES string of the molecule is Cc1nnc(NCC2=CCCCC2)s1. The Bertz CT molecular complexity index is 330. The van der Waals surface area contributed by atoms with E-state index < -0.39 is 0 Å². The van der Waals surface area contributed by atoms with Crippen molar-refractivity contribution in [2.24, 2.45) is 0 Å². The second kappa shape index (κ2) is 4.55. The molecule has 0 unspecified atom stereocenters. The minimum absolute atomic E-state index is 0.939. The van der Waals surface area contributed by atoms with Gasteiger partial charge in [-0.1, -0.05) is 23.0 Å². The van der Waals surface area contributed by atoms with Gasteiger partial charge in [0.15, 0.2) is 0 Å². The number of aromatic nitrogens is 2. The van der Waals surface area contributed by atoms with E-state index in [1.54, 1.807) is 11.3 Å². The second-order valence-electron chi connectivity index (χ2n) is 3.59. The van der Waals surface area contributed by atoms with Crippen LogP contribution in [0, 0.1) is 6.92 Å². The summed E-state index contributed by atoms with van der Waals surface area (Å²) in [5, 5.41) is 13.3. The maximum Gasteiger partial charge on any atom is 0.205 e. The number of nitrogens with zero attached hydrogens (tertiary/aromatic N) is 2. The molecule has 76 valence electrons. The van der Waals surface area contributed by atoms with Crippen molar-refractivity contribution < 1.29 is 0 Å². The van der Waals surface area contributed by atoms with Crippen LogP contribution >= 0.6 is 11.3 Å². The standard InChI is InChI=1S/C10H15N3S/c1-8-12-13-10(14-8)11-7-9-5-3-2-4-6-9/h5H,2-4,6-7H2,1H3,(H,11,13). The zero-order chi connectivity index (χ0) is 9.80. The van der Waals surface area contributed by atoms with E-state index in [-0.39, 0.29) is 0 Å². The van der Waals surface area contributed by atoms with E-state index in [1.165, 1.54) is 31.3 Å². The molecule has 0 bridgehead atoms. The first-order valence-corrected chi connectivity index (χ1v) is 5.88. The van der Waals surface area contributed by atoms with Crippen molar-refractivity contribution in [3.8, 4) is 0 Å². The monoisotopic (exact) mass is 209 g/mol. The molecule has 0 amide bonds. The predicted octanol–water partition coefficient (Wildman–Crippen LogP) is 2.76. The number of allylic oxidation sites excluding steroid dienone is 1. The average molecular weight is 209 g/mol. The second-order valence-corrected chi connectivity index (χ2v) is 4.77. The summed E-state index contributed by atoms with van der Waals surface area (Å²) >= 11 is 1.62. The minimum Gasteiger partial charge on any atom is -0.356 e. The molecule has 0 saturated heterocycles. The third-order valence-corrected chi connectivity index (χ3v) is 3.17. The quantitative estimate of drug-likeness (QED) is 0.778. The van der Waals surface area contributed by atoms with Crippen LogP contribution in [0.5, 0.6) is 0 Å². The molecule has 1 N–H and O–H groups in total. The van der Waals surface area contributed by atoms with Crippen molar-refractivity contribution >= 4 is 16.5 Å². The highest BCUT2D eigenvalue weighted by Gasteiger charge is 2.04. The van der Waals surface area contributed by atoms with Crippen molar-refractivity contribution in [2.45, 2.75) is 32.6 Å². The molecule has 1 aromatic rings. The van der Waals surface area contributed by atoms with E-state index in [0.29, 0.717) is 0 Å². The van der Waals surface area contributed by atoms with E-state index in [4.69, 9.17) is 0 Å². The molecular weight excluding hydrogens is 194 g/mol. The molecule has 3 nitrogen and oxygen atoms in total. The molecule has 4 heteroatoms. The van der Waals surface area contributed by atoms with Gasteiger partial charge in [-0.15, -0.1) is 10.2 Å². The van der Waals surface area contributed by atoms with Crippen LogP contribution in [0.2, 0.25) is 0 Å². The fourth-order valence-corrected chi connectivity index (χ4v) is 2.21. The summed E-state index contributed by atoms with van der Waals surface area (Å²) in [5.41, 5.74) is 1.52. The molecule has 0 aromatic carbocycles. The number of nitrogens with one attached hydrogen (secondary N) is 1. The van der Waals surface area contributed by atoms with Gasteiger partial charge in [-0.2, -0.15) is 0 Å². The lowest BCUT2D eigenvalue weighted by atomic mass is 10.00. The highest BCUT2D eigenvalue weighted by atomic mass is 32.1. The Morgan fingerprint density at radius 2 is 2.36 bits per heavy atom. The van der Waals surface area contributed by atoms with Crippen LogP contribution in [0.1, 0.15) is 30.7 Å². The van der Waals surface area contributed by atoms with Crippen LogP contribution in [-0.2, 0) is 0 Å². The van der Waals surface area contributed by atoms with Gasteiger partial charge >= 0.3 is 0 Å². The molecule has 0 spiro atoms. The molecule has 0 aliphatic heterocycles. The number of hydrogen-bond acceptors (Lipinski definition) is 4. The lowest BCUT2D eigenvalue weighted by Crippen LogP contribution is -2.06. The largest absolute Gasteiger partial charge is 0.356 e. The highest BCUT2D eigenvalue weighted by molar-refractivity contribution is 7.15. The van der Waals surface area contributed by atoms with Gasteiger partial charge in [-0.25, -0.2) is 0 Å². The van der Waals surface area contributed by atoms with E-state index in [1.807, 2.05) is 6.92 Å². The molecule has 0 saturated carbocycles. The summed E-state index contributed by atoms with van der Waals surface area (Å²) in [6.07, 6.45) is 7.52. The molecule has 0 radical (unpaired) electrons. The van der Waals surface area contributed by atoms with Crippen LogP contribution in [0.15, 0.2) is 11.6 Å². The topological polar surface area (TPSA) is 37.8 Å². The van der Waals surface area contributed by atoms with Crippen LogP contribution < -0.4 is 5.32 Å². The maximum atomic E-state index is 4.03. The molecule has 1 heterocycles. The van der Waals surface area contributed by atoms with Crippen LogP contribution in [-0.4, -0.2) is 16.7 Å². The van der Waals surface area contributed by atoms with Gasteiger partial charge in [0.1, 0.15) is 5.01 Å². The van der Waals surface area contributed by atoms with Crippen molar-refractivity contribution in [2.75, 3.05) is 11.9 Å². The predicted molar refractivity (Wildman–Crippen MR) is 59.7 cm³/mol. The zero-order valence-corrected chi connectivity index (χ0v) is 9.23. The third-order valence-electron chi connectivity index (χ3n) is 2.38. The summed E-state index contributed by atoms with van der Waals surface area (Å²) in [5.74, 6) is 0. The number of hydrogen-bond donors (Lipinski definition) is 1. The first-order chi connectivity index (χ1) is 6.84. The lowest BCUT2D eigenvalue weighted by molar-refractivity contribution is 0.695. The third kappa shape index (κ3) is 2.54. The average Bonchev–Trinajstić information content (AvgIpc) is 2.63. The molecule has 1 aliphatic rings. The van der Waals surface area contributed by atoms with Crippen LogP contribution in [0.3, 0.4) is 0 Å². The first kappa shape index (κ1) is 9.65. The molecule has 2 rings (SSSR count).